The lowest BCUT2D eigenvalue weighted by molar-refractivity contribution is -0.0805. The fourth-order valence-corrected chi connectivity index (χ4v) is 1.73. The molecule has 1 aromatic rings. The molecule has 0 aromatic heterocycles. The number of benzene rings is 1. The molecule has 1 aliphatic rings. The van der Waals surface area contributed by atoms with Crippen LogP contribution in [0.1, 0.15) is 16.8 Å². The smallest absolute Gasteiger partial charge is 0.172 e. The molecule has 1 saturated heterocycles. The summed E-state index contributed by atoms with van der Waals surface area (Å²) in [5.41, 5.74) is 5.93. The van der Waals surface area contributed by atoms with Crippen LogP contribution in [-0.4, -0.2) is 38.8 Å². The van der Waals surface area contributed by atoms with E-state index in [9.17, 15) is 4.79 Å². The first-order valence-electron chi connectivity index (χ1n) is 5.91. The van der Waals surface area contributed by atoms with Gasteiger partial charge in [0.15, 0.2) is 17.3 Å². The van der Waals surface area contributed by atoms with Crippen molar-refractivity contribution >= 4 is 5.78 Å². The van der Waals surface area contributed by atoms with E-state index in [2.05, 4.69) is 0 Å². The predicted octanol–water partition coefficient (Wildman–Crippen LogP) is 1.00. The molecule has 98 valence electrons. The van der Waals surface area contributed by atoms with E-state index in [4.69, 9.17) is 19.9 Å². The van der Waals surface area contributed by atoms with Crippen LogP contribution >= 0.6 is 0 Å². The van der Waals surface area contributed by atoms with Crippen molar-refractivity contribution in [1.82, 2.24) is 0 Å². The third kappa shape index (κ3) is 2.63. The van der Waals surface area contributed by atoms with Gasteiger partial charge in [-0.3, -0.25) is 4.79 Å². The van der Waals surface area contributed by atoms with Crippen LogP contribution in [0.3, 0.4) is 0 Å². The van der Waals surface area contributed by atoms with Crippen molar-refractivity contribution in [1.29, 1.82) is 0 Å². The van der Waals surface area contributed by atoms with E-state index in [0.29, 0.717) is 43.2 Å². The van der Waals surface area contributed by atoms with Crippen molar-refractivity contribution in [2.45, 2.75) is 12.5 Å². The van der Waals surface area contributed by atoms with E-state index in [1.807, 2.05) is 0 Å². The predicted molar refractivity (Wildman–Crippen MR) is 66.2 cm³/mol. The summed E-state index contributed by atoms with van der Waals surface area (Å²) in [5.74, 6) is 1.02. The van der Waals surface area contributed by atoms with Crippen molar-refractivity contribution in [3.63, 3.8) is 0 Å². The zero-order valence-corrected chi connectivity index (χ0v) is 10.3. The van der Waals surface area contributed by atoms with E-state index in [-0.39, 0.29) is 11.9 Å². The van der Waals surface area contributed by atoms with Gasteiger partial charge >= 0.3 is 0 Å². The number of ether oxygens (including phenoxy) is 3. The SMILES string of the molecule is COc1cccc(C(=O)CCN)c1OC1COC1. The Morgan fingerprint density at radius 2 is 2.28 bits per heavy atom. The van der Waals surface area contributed by atoms with Gasteiger partial charge in [-0.25, -0.2) is 0 Å². The first kappa shape index (κ1) is 12.9. The summed E-state index contributed by atoms with van der Waals surface area (Å²) < 4.78 is 16.1. The number of para-hydroxylation sites is 1. The maximum atomic E-state index is 12.0. The van der Waals surface area contributed by atoms with E-state index in [1.54, 1.807) is 25.3 Å². The molecule has 0 amide bonds. The van der Waals surface area contributed by atoms with Gasteiger partial charge in [0.2, 0.25) is 0 Å². The number of methoxy groups -OCH3 is 1. The molecule has 0 spiro atoms. The second-order valence-electron chi connectivity index (χ2n) is 4.08. The average molecular weight is 251 g/mol. The third-order valence-electron chi connectivity index (χ3n) is 2.76. The number of nitrogens with two attached hydrogens (primary N) is 1. The van der Waals surface area contributed by atoms with Crippen molar-refractivity contribution < 1.29 is 19.0 Å². The van der Waals surface area contributed by atoms with E-state index in [0.717, 1.165) is 0 Å². The minimum atomic E-state index is -0.0355. The summed E-state index contributed by atoms with van der Waals surface area (Å²) in [6, 6.07) is 5.27. The lowest BCUT2D eigenvalue weighted by Gasteiger charge is -2.28. The maximum absolute atomic E-state index is 12.0. The largest absolute Gasteiger partial charge is 0.493 e. The Hall–Kier alpha value is -1.59. The Morgan fingerprint density at radius 1 is 1.50 bits per heavy atom. The Morgan fingerprint density at radius 3 is 2.83 bits per heavy atom. The molecular formula is C13H17NO4. The van der Waals surface area contributed by atoms with E-state index < -0.39 is 0 Å². The number of hydrogen-bond donors (Lipinski definition) is 1. The first-order valence-corrected chi connectivity index (χ1v) is 5.91. The Kier molecular flexibility index (Phi) is 4.17. The molecule has 0 bridgehead atoms. The fraction of sp³-hybridized carbons (Fsp3) is 0.462. The van der Waals surface area contributed by atoms with Crippen molar-refractivity contribution in [3.05, 3.63) is 23.8 Å². The molecule has 0 unspecified atom stereocenters. The fourth-order valence-electron chi connectivity index (χ4n) is 1.73. The summed E-state index contributed by atoms with van der Waals surface area (Å²) >= 11 is 0. The average Bonchev–Trinajstić information content (AvgIpc) is 2.33. The molecule has 1 aromatic carbocycles. The Labute approximate surface area is 106 Å². The standard InChI is InChI=1S/C13H17NO4/c1-16-12-4-2-3-10(11(15)5-6-14)13(12)18-9-7-17-8-9/h2-4,9H,5-8,14H2,1H3. The van der Waals surface area contributed by atoms with Crippen LogP contribution in [-0.2, 0) is 4.74 Å². The lowest BCUT2D eigenvalue weighted by atomic mass is 10.1. The molecular weight excluding hydrogens is 234 g/mol. The number of ketones is 1. The zero-order chi connectivity index (χ0) is 13.0. The van der Waals surface area contributed by atoms with Gasteiger partial charge in [0.1, 0.15) is 6.10 Å². The molecule has 0 atom stereocenters. The molecule has 0 saturated carbocycles. The zero-order valence-electron chi connectivity index (χ0n) is 10.3. The number of Topliss-reactive ketones (excluding diaryl/α,β-unsaturated/α-hetero) is 1. The maximum Gasteiger partial charge on any atom is 0.172 e. The summed E-state index contributed by atoms with van der Waals surface area (Å²) in [6.45, 7) is 1.41. The van der Waals surface area contributed by atoms with Gasteiger partial charge in [-0.05, 0) is 18.7 Å². The minimum absolute atomic E-state index is 0.00859. The summed E-state index contributed by atoms with van der Waals surface area (Å²) in [4.78, 5) is 12.0. The topological polar surface area (TPSA) is 70.8 Å². The van der Waals surface area contributed by atoms with Crippen LogP contribution in [0, 0.1) is 0 Å². The highest BCUT2D eigenvalue weighted by molar-refractivity contribution is 5.99. The Bertz CT molecular complexity index is 429. The van der Waals surface area contributed by atoms with Gasteiger partial charge in [0, 0.05) is 6.42 Å². The van der Waals surface area contributed by atoms with Crippen molar-refractivity contribution in [2.75, 3.05) is 26.9 Å². The number of carbonyl (C=O) groups is 1. The summed E-state index contributed by atoms with van der Waals surface area (Å²) in [5, 5.41) is 0. The first-order chi connectivity index (χ1) is 8.76. The third-order valence-corrected chi connectivity index (χ3v) is 2.76. The number of rotatable bonds is 6. The number of hydrogen-bond acceptors (Lipinski definition) is 5. The van der Waals surface area contributed by atoms with Crippen LogP contribution in [0.2, 0.25) is 0 Å². The molecule has 2 N–H and O–H groups in total. The lowest BCUT2D eigenvalue weighted by Crippen LogP contribution is -2.39. The monoisotopic (exact) mass is 251 g/mol. The molecule has 1 heterocycles. The van der Waals surface area contributed by atoms with Crippen LogP contribution in [0.4, 0.5) is 0 Å². The van der Waals surface area contributed by atoms with Gasteiger partial charge < -0.3 is 19.9 Å². The minimum Gasteiger partial charge on any atom is -0.493 e. The number of carbonyl (C=O) groups excluding carboxylic acids is 1. The summed E-state index contributed by atoms with van der Waals surface area (Å²) in [6.07, 6.45) is 0.288. The quantitative estimate of drug-likeness (QED) is 0.764. The second kappa shape index (κ2) is 5.84. The van der Waals surface area contributed by atoms with Gasteiger partial charge in [-0.2, -0.15) is 0 Å². The highest BCUT2D eigenvalue weighted by Gasteiger charge is 2.25. The van der Waals surface area contributed by atoms with Crippen LogP contribution in [0.25, 0.3) is 0 Å². The van der Waals surface area contributed by atoms with Gasteiger partial charge in [0.25, 0.3) is 0 Å². The molecule has 5 nitrogen and oxygen atoms in total. The molecule has 18 heavy (non-hydrogen) atoms. The molecule has 1 fully saturated rings. The molecule has 0 radical (unpaired) electrons. The molecule has 0 aliphatic carbocycles. The summed E-state index contributed by atoms with van der Waals surface area (Å²) in [7, 11) is 1.55. The van der Waals surface area contributed by atoms with E-state index >= 15 is 0 Å². The van der Waals surface area contributed by atoms with Crippen LogP contribution < -0.4 is 15.2 Å². The van der Waals surface area contributed by atoms with Gasteiger partial charge in [-0.15, -0.1) is 0 Å². The van der Waals surface area contributed by atoms with Crippen LogP contribution in [0.15, 0.2) is 18.2 Å². The van der Waals surface area contributed by atoms with E-state index in [1.165, 1.54) is 0 Å². The van der Waals surface area contributed by atoms with Crippen molar-refractivity contribution in [2.24, 2.45) is 5.73 Å². The van der Waals surface area contributed by atoms with Crippen LogP contribution in [0.5, 0.6) is 11.5 Å². The van der Waals surface area contributed by atoms with Gasteiger partial charge in [0.05, 0.1) is 25.9 Å². The molecule has 1 aliphatic heterocycles. The highest BCUT2D eigenvalue weighted by Crippen LogP contribution is 2.33. The normalized spacial score (nSPS) is 15.0. The van der Waals surface area contributed by atoms with Gasteiger partial charge in [-0.1, -0.05) is 6.07 Å². The highest BCUT2D eigenvalue weighted by atomic mass is 16.6. The Balaban J connectivity index is 2.27. The molecule has 5 heteroatoms. The second-order valence-corrected chi connectivity index (χ2v) is 4.08. The van der Waals surface area contributed by atoms with Crippen molar-refractivity contribution in [3.8, 4) is 11.5 Å². The molecule has 2 rings (SSSR count).